The van der Waals surface area contributed by atoms with Gasteiger partial charge in [-0.15, -0.1) is 0 Å². The fourth-order valence-electron chi connectivity index (χ4n) is 1.36. The van der Waals surface area contributed by atoms with Gasteiger partial charge in [0, 0.05) is 22.6 Å². The van der Waals surface area contributed by atoms with E-state index >= 15 is 0 Å². The Kier molecular flexibility index (Phi) is 4.15. The first-order valence-electron chi connectivity index (χ1n) is 4.80. The molecule has 0 spiro atoms. The van der Waals surface area contributed by atoms with E-state index in [2.05, 4.69) is 21.2 Å². The number of halogens is 1. The summed E-state index contributed by atoms with van der Waals surface area (Å²) >= 11 is 3.46. The van der Waals surface area contributed by atoms with E-state index in [1.807, 2.05) is 32.0 Å². The highest BCUT2D eigenvalue weighted by Crippen LogP contribution is 2.24. The summed E-state index contributed by atoms with van der Waals surface area (Å²) in [4.78, 5) is 10.7. The topological polar surface area (TPSA) is 55.1 Å². The van der Waals surface area contributed by atoms with Crippen molar-refractivity contribution in [2.75, 3.05) is 5.32 Å². The van der Waals surface area contributed by atoms with Crippen molar-refractivity contribution >= 4 is 27.5 Å². The van der Waals surface area contributed by atoms with Crippen molar-refractivity contribution in [3.05, 3.63) is 28.2 Å². The van der Waals surface area contributed by atoms with Gasteiger partial charge in [0.1, 0.15) is 0 Å². The van der Waals surface area contributed by atoms with E-state index in [0.717, 1.165) is 10.2 Å². The summed E-state index contributed by atoms with van der Waals surface area (Å²) in [6.45, 7) is 3.96. The molecule has 0 aromatic heterocycles. The molecule has 0 saturated heterocycles. The summed E-state index contributed by atoms with van der Waals surface area (Å²) in [5, 5.41) is 3.22. The quantitative estimate of drug-likeness (QED) is 0.883. The molecule has 0 saturated carbocycles. The average Bonchev–Trinajstić information content (AvgIpc) is 2.08. The Morgan fingerprint density at radius 3 is 2.80 bits per heavy atom. The van der Waals surface area contributed by atoms with Crippen LogP contribution in [-0.2, 0) is 4.79 Å². The first-order valence-corrected chi connectivity index (χ1v) is 5.59. The van der Waals surface area contributed by atoms with Crippen molar-refractivity contribution in [3.63, 3.8) is 0 Å². The zero-order valence-electron chi connectivity index (χ0n) is 8.88. The van der Waals surface area contributed by atoms with E-state index in [9.17, 15) is 4.79 Å². The van der Waals surface area contributed by atoms with Crippen LogP contribution in [0.5, 0.6) is 0 Å². The van der Waals surface area contributed by atoms with Crippen LogP contribution >= 0.6 is 15.9 Å². The third-order valence-electron chi connectivity index (χ3n) is 2.03. The second kappa shape index (κ2) is 5.16. The lowest BCUT2D eigenvalue weighted by Crippen LogP contribution is -2.24. The van der Waals surface area contributed by atoms with Crippen LogP contribution in [0.2, 0.25) is 0 Å². The molecule has 1 rings (SSSR count). The van der Waals surface area contributed by atoms with Crippen LogP contribution in [0.25, 0.3) is 0 Å². The molecule has 0 radical (unpaired) electrons. The molecule has 0 fully saturated rings. The van der Waals surface area contributed by atoms with Crippen LogP contribution in [-0.4, -0.2) is 11.9 Å². The van der Waals surface area contributed by atoms with Crippen LogP contribution in [0, 0.1) is 6.92 Å². The Hall–Kier alpha value is -1.03. The second-order valence-electron chi connectivity index (χ2n) is 3.70. The van der Waals surface area contributed by atoms with Crippen molar-refractivity contribution in [1.82, 2.24) is 0 Å². The maximum atomic E-state index is 10.7. The van der Waals surface area contributed by atoms with Gasteiger partial charge >= 0.3 is 0 Å². The Morgan fingerprint density at radius 2 is 2.27 bits per heavy atom. The minimum atomic E-state index is -0.293. The number of carbonyl (C=O) groups excluding carboxylic acids is 1. The van der Waals surface area contributed by atoms with E-state index in [1.165, 1.54) is 5.56 Å². The molecule has 82 valence electrons. The van der Waals surface area contributed by atoms with Gasteiger partial charge in [-0.05, 0) is 47.5 Å². The van der Waals surface area contributed by atoms with E-state index in [0.29, 0.717) is 6.42 Å². The summed E-state index contributed by atoms with van der Waals surface area (Å²) in [6.07, 6.45) is 0.334. The number of aryl methyl sites for hydroxylation is 1. The predicted octanol–water partition coefficient (Wildman–Crippen LogP) is 2.43. The second-order valence-corrected chi connectivity index (χ2v) is 4.55. The molecule has 3 nitrogen and oxygen atoms in total. The normalized spacial score (nSPS) is 12.2. The maximum Gasteiger partial charge on any atom is 0.219 e. The highest BCUT2D eigenvalue weighted by atomic mass is 79.9. The summed E-state index contributed by atoms with van der Waals surface area (Å²) in [6, 6.07) is 6.07. The Morgan fingerprint density at radius 1 is 1.60 bits per heavy atom. The molecule has 0 aliphatic carbocycles. The van der Waals surface area contributed by atoms with Crippen molar-refractivity contribution in [2.24, 2.45) is 5.73 Å². The van der Waals surface area contributed by atoms with Crippen LogP contribution < -0.4 is 11.1 Å². The Balaban J connectivity index is 2.68. The van der Waals surface area contributed by atoms with E-state index in [4.69, 9.17) is 5.73 Å². The molecule has 1 amide bonds. The van der Waals surface area contributed by atoms with Gasteiger partial charge in [-0.25, -0.2) is 0 Å². The summed E-state index contributed by atoms with van der Waals surface area (Å²) in [5.41, 5.74) is 7.29. The largest absolute Gasteiger partial charge is 0.381 e. The van der Waals surface area contributed by atoms with Gasteiger partial charge in [-0.2, -0.15) is 0 Å². The first-order chi connectivity index (χ1) is 6.99. The standard InChI is InChI=1S/C11H15BrN2O/c1-7-3-4-10(9(12)5-7)14-8(2)6-11(13)15/h3-5,8,14H,6H2,1-2H3,(H2,13,15). The Labute approximate surface area is 98.2 Å². The SMILES string of the molecule is Cc1ccc(NC(C)CC(N)=O)c(Br)c1. The van der Waals surface area contributed by atoms with Crippen LogP contribution in [0.4, 0.5) is 5.69 Å². The highest BCUT2D eigenvalue weighted by Gasteiger charge is 2.07. The lowest BCUT2D eigenvalue weighted by molar-refractivity contribution is -0.118. The number of nitrogens with two attached hydrogens (primary N) is 1. The molecule has 0 aliphatic rings. The molecular weight excluding hydrogens is 256 g/mol. The third-order valence-corrected chi connectivity index (χ3v) is 2.69. The highest BCUT2D eigenvalue weighted by molar-refractivity contribution is 9.10. The molecule has 1 unspecified atom stereocenters. The van der Waals surface area contributed by atoms with E-state index < -0.39 is 0 Å². The van der Waals surface area contributed by atoms with Gasteiger partial charge in [0.15, 0.2) is 0 Å². The molecule has 1 atom stereocenters. The van der Waals surface area contributed by atoms with Gasteiger partial charge in [0.05, 0.1) is 0 Å². The fourth-order valence-corrected chi connectivity index (χ4v) is 1.96. The number of rotatable bonds is 4. The molecule has 0 aliphatic heterocycles. The van der Waals surface area contributed by atoms with Gasteiger partial charge < -0.3 is 11.1 Å². The monoisotopic (exact) mass is 270 g/mol. The fraction of sp³-hybridized carbons (Fsp3) is 0.364. The number of anilines is 1. The Bertz CT molecular complexity index is 366. The maximum absolute atomic E-state index is 10.7. The first kappa shape index (κ1) is 12.0. The summed E-state index contributed by atoms with van der Waals surface area (Å²) < 4.78 is 0.999. The molecule has 0 bridgehead atoms. The number of benzene rings is 1. The minimum absolute atomic E-state index is 0.0431. The molecule has 1 aromatic carbocycles. The van der Waals surface area contributed by atoms with Gasteiger partial charge in [0.25, 0.3) is 0 Å². The molecule has 15 heavy (non-hydrogen) atoms. The van der Waals surface area contributed by atoms with E-state index in [-0.39, 0.29) is 11.9 Å². The van der Waals surface area contributed by atoms with Gasteiger partial charge in [0.2, 0.25) is 5.91 Å². The average molecular weight is 271 g/mol. The van der Waals surface area contributed by atoms with Gasteiger partial charge in [-0.3, -0.25) is 4.79 Å². The van der Waals surface area contributed by atoms with Crippen LogP contribution in [0.3, 0.4) is 0 Å². The predicted molar refractivity (Wildman–Crippen MR) is 65.8 cm³/mol. The van der Waals surface area contributed by atoms with E-state index in [1.54, 1.807) is 0 Å². The number of carbonyl (C=O) groups is 1. The molecular formula is C11H15BrN2O. The van der Waals surface area contributed by atoms with Crippen molar-refractivity contribution in [1.29, 1.82) is 0 Å². The molecule has 1 aromatic rings. The number of hydrogen-bond donors (Lipinski definition) is 2. The smallest absolute Gasteiger partial charge is 0.219 e. The summed E-state index contributed by atoms with van der Waals surface area (Å²) in [5.74, 6) is -0.293. The zero-order valence-corrected chi connectivity index (χ0v) is 10.5. The molecule has 0 heterocycles. The van der Waals surface area contributed by atoms with Gasteiger partial charge in [-0.1, -0.05) is 6.07 Å². The lowest BCUT2D eigenvalue weighted by atomic mass is 10.2. The third kappa shape index (κ3) is 3.91. The number of hydrogen-bond acceptors (Lipinski definition) is 2. The lowest BCUT2D eigenvalue weighted by Gasteiger charge is -2.15. The zero-order chi connectivity index (χ0) is 11.4. The minimum Gasteiger partial charge on any atom is -0.381 e. The molecule has 3 N–H and O–H groups in total. The van der Waals surface area contributed by atoms with Crippen molar-refractivity contribution in [2.45, 2.75) is 26.3 Å². The number of nitrogens with one attached hydrogen (secondary N) is 1. The van der Waals surface area contributed by atoms with Crippen LogP contribution in [0.15, 0.2) is 22.7 Å². The number of primary amides is 1. The van der Waals surface area contributed by atoms with Crippen molar-refractivity contribution in [3.8, 4) is 0 Å². The molecule has 4 heteroatoms. The summed E-state index contributed by atoms with van der Waals surface area (Å²) in [7, 11) is 0. The van der Waals surface area contributed by atoms with Crippen LogP contribution in [0.1, 0.15) is 18.9 Å². The van der Waals surface area contributed by atoms with Crippen molar-refractivity contribution < 1.29 is 4.79 Å². The number of amides is 1.